The van der Waals surface area contributed by atoms with Gasteiger partial charge < -0.3 is 5.11 Å². The summed E-state index contributed by atoms with van der Waals surface area (Å²) in [6.45, 7) is 4.90. The molecule has 8 heavy (non-hydrogen) atoms. The van der Waals surface area contributed by atoms with Gasteiger partial charge in [-0.15, -0.1) is 5.60 Å². The van der Waals surface area contributed by atoms with E-state index in [4.69, 9.17) is 9.93 Å². The van der Waals surface area contributed by atoms with Gasteiger partial charge in [0.25, 0.3) is 0 Å². The summed E-state index contributed by atoms with van der Waals surface area (Å²) in [6.07, 6.45) is 0. The van der Waals surface area contributed by atoms with E-state index in [1.54, 1.807) is 20.8 Å². The van der Waals surface area contributed by atoms with E-state index >= 15 is 0 Å². The molecule has 0 aliphatic heterocycles. The zero-order valence-electron chi connectivity index (χ0n) is 5.72. The Balaban J connectivity index is -0.0000000750. The van der Waals surface area contributed by atoms with Crippen LogP contribution in [0.25, 0.3) is 0 Å². The van der Waals surface area contributed by atoms with E-state index in [0.717, 1.165) is 0 Å². The van der Waals surface area contributed by atoms with Crippen LogP contribution >= 0.6 is 0 Å². The van der Waals surface area contributed by atoms with Gasteiger partial charge in [0.15, 0.2) is 0 Å². The summed E-state index contributed by atoms with van der Waals surface area (Å²) in [6, 6.07) is 0. The van der Waals surface area contributed by atoms with E-state index in [1.807, 2.05) is 0 Å². The molecule has 0 saturated carbocycles. The quantitative estimate of drug-likeness (QED) is 0.331. The Morgan fingerprint density at radius 1 is 1.12 bits per heavy atom. The van der Waals surface area contributed by atoms with Crippen molar-refractivity contribution in [2.24, 2.45) is 0 Å². The van der Waals surface area contributed by atoms with Gasteiger partial charge in [0.05, 0.1) is 0 Å². The third-order valence-electron chi connectivity index (χ3n) is 0. The number of hydrogen-bond acceptors (Lipinski definition) is 3. The standard InChI is InChI=1S/C4H9O.Na.O2/c1-4(2,3)5;;1-2/h1-3H3;;/q-1;+1;. The summed E-state index contributed by atoms with van der Waals surface area (Å²) in [5.74, 6) is 0. The van der Waals surface area contributed by atoms with Gasteiger partial charge in [0.2, 0.25) is 0 Å². The van der Waals surface area contributed by atoms with Crippen LogP contribution in [0.3, 0.4) is 0 Å². The van der Waals surface area contributed by atoms with Crippen molar-refractivity contribution in [1.29, 1.82) is 0 Å². The predicted molar refractivity (Wildman–Crippen MR) is 26.5 cm³/mol. The molecule has 0 aromatic heterocycles. The van der Waals surface area contributed by atoms with E-state index in [0.29, 0.717) is 0 Å². The molecule has 0 aromatic rings. The molecule has 0 saturated heterocycles. The van der Waals surface area contributed by atoms with Gasteiger partial charge in [0.1, 0.15) is 0 Å². The molecule has 0 unspecified atom stereocenters. The van der Waals surface area contributed by atoms with E-state index < -0.39 is 5.60 Å². The van der Waals surface area contributed by atoms with E-state index in [-0.39, 0.29) is 29.6 Å². The van der Waals surface area contributed by atoms with E-state index in [1.165, 1.54) is 0 Å². The van der Waals surface area contributed by atoms with Gasteiger partial charge in [-0.05, 0) is 0 Å². The summed E-state index contributed by atoms with van der Waals surface area (Å²) in [4.78, 5) is 14.0. The maximum absolute atomic E-state index is 10.1. The largest absolute Gasteiger partial charge is 1.00 e. The van der Waals surface area contributed by atoms with Gasteiger partial charge in [-0.1, -0.05) is 20.8 Å². The molecular formula is C4H9NaO3. The molecule has 4 heteroatoms. The molecule has 0 aromatic carbocycles. The SMILES string of the molecule is CC(C)(C)[O-].O=O.[Na+]. The van der Waals surface area contributed by atoms with Crippen LogP contribution in [0.2, 0.25) is 0 Å². The minimum absolute atomic E-state index is 0. The first-order chi connectivity index (χ1) is 3.00. The monoisotopic (exact) mass is 128 g/mol. The normalized spacial score (nSPS) is 8.00. The summed E-state index contributed by atoms with van der Waals surface area (Å²) in [7, 11) is 0. The van der Waals surface area contributed by atoms with Crippen molar-refractivity contribution < 1.29 is 34.7 Å². The Bertz CT molecular complexity index is 35.0. The summed E-state index contributed by atoms with van der Waals surface area (Å²) >= 11 is 0. The zero-order chi connectivity index (χ0) is 6.50. The Hall–Kier alpha value is 0.560. The van der Waals surface area contributed by atoms with Gasteiger partial charge in [0, 0.05) is 9.93 Å². The molecule has 0 spiro atoms. The van der Waals surface area contributed by atoms with Gasteiger partial charge in [-0.2, -0.15) is 0 Å². The van der Waals surface area contributed by atoms with Crippen LogP contribution in [0.5, 0.6) is 0 Å². The van der Waals surface area contributed by atoms with Crippen molar-refractivity contribution in [2.75, 3.05) is 0 Å². The number of hydrogen-bond donors (Lipinski definition) is 0. The molecule has 0 aliphatic rings. The Labute approximate surface area is 71.0 Å². The second kappa shape index (κ2) is 7.56. The van der Waals surface area contributed by atoms with Crippen molar-refractivity contribution in [1.82, 2.24) is 0 Å². The molecule has 44 valence electrons. The summed E-state index contributed by atoms with van der Waals surface area (Å²) < 4.78 is 0. The molecule has 0 radical (unpaired) electrons. The van der Waals surface area contributed by atoms with Crippen LogP contribution in [-0.4, -0.2) is 5.60 Å². The maximum atomic E-state index is 10.1. The fraction of sp³-hybridized carbons (Fsp3) is 1.00. The van der Waals surface area contributed by atoms with Crippen molar-refractivity contribution >= 4 is 0 Å². The maximum Gasteiger partial charge on any atom is 1.00 e. The van der Waals surface area contributed by atoms with Crippen LogP contribution in [0.4, 0.5) is 0 Å². The molecule has 0 heterocycles. The van der Waals surface area contributed by atoms with Crippen molar-refractivity contribution in [3.63, 3.8) is 0 Å². The average molecular weight is 128 g/mol. The molecular weight excluding hydrogens is 119 g/mol. The molecule has 0 bridgehead atoms. The third-order valence-corrected chi connectivity index (χ3v) is 0. The average Bonchev–Trinajstić information content (AvgIpc) is 1.36. The van der Waals surface area contributed by atoms with Crippen LogP contribution in [-0.2, 0) is 0 Å². The Kier molecular flexibility index (Phi) is 15.0. The molecule has 0 rings (SSSR count). The number of rotatable bonds is 0. The molecule has 0 N–H and O–H groups in total. The summed E-state index contributed by atoms with van der Waals surface area (Å²) in [5.41, 5.74) is -0.750. The van der Waals surface area contributed by atoms with Crippen molar-refractivity contribution in [3.8, 4) is 0 Å². The van der Waals surface area contributed by atoms with Gasteiger partial charge >= 0.3 is 29.6 Å². The topological polar surface area (TPSA) is 57.2 Å². The van der Waals surface area contributed by atoms with Crippen molar-refractivity contribution in [3.05, 3.63) is 9.93 Å². The van der Waals surface area contributed by atoms with Crippen LogP contribution in [0.15, 0.2) is 0 Å². The zero-order valence-corrected chi connectivity index (χ0v) is 7.72. The van der Waals surface area contributed by atoms with Gasteiger partial charge in [-0.3, -0.25) is 0 Å². The first kappa shape index (κ1) is 15.8. The first-order valence-corrected chi connectivity index (χ1v) is 1.87. The van der Waals surface area contributed by atoms with E-state index in [9.17, 15) is 5.11 Å². The third kappa shape index (κ3) is 647. The van der Waals surface area contributed by atoms with Crippen LogP contribution in [0, 0.1) is 9.93 Å². The molecule has 0 fully saturated rings. The van der Waals surface area contributed by atoms with Gasteiger partial charge in [-0.25, -0.2) is 0 Å². The molecule has 0 atom stereocenters. The van der Waals surface area contributed by atoms with Crippen molar-refractivity contribution in [2.45, 2.75) is 26.4 Å². The molecule has 3 nitrogen and oxygen atoms in total. The smallest absolute Gasteiger partial charge is 0.850 e. The fourth-order valence-corrected chi connectivity index (χ4v) is 0. The minimum Gasteiger partial charge on any atom is -0.850 e. The Morgan fingerprint density at radius 3 is 1.12 bits per heavy atom. The molecule has 0 aliphatic carbocycles. The minimum atomic E-state index is -0.750. The fourth-order valence-electron chi connectivity index (χ4n) is 0. The summed E-state index contributed by atoms with van der Waals surface area (Å²) in [5, 5.41) is 10.1. The van der Waals surface area contributed by atoms with Crippen LogP contribution < -0.4 is 34.7 Å². The predicted octanol–water partition coefficient (Wildman–Crippen LogP) is -2.78. The second-order valence-corrected chi connectivity index (χ2v) is 2.11. The Morgan fingerprint density at radius 2 is 1.12 bits per heavy atom. The molecule has 0 amide bonds. The second-order valence-electron chi connectivity index (χ2n) is 2.11. The van der Waals surface area contributed by atoms with E-state index in [2.05, 4.69) is 0 Å². The van der Waals surface area contributed by atoms with Crippen LogP contribution in [0.1, 0.15) is 20.8 Å². The first-order valence-electron chi connectivity index (χ1n) is 1.87.